The van der Waals surface area contributed by atoms with Gasteiger partial charge in [0.15, 0.2) is 0 Å². The van der Waals surface area contributed by atoms with E-state index in [9.17, 15) is 17.6 Å². The van der Waals surface area contributed by atoms with Gasteiger partial charge in [0, 0.05) is 28.8 Å². The van der Waals surface area contributed by atoms with E-state index in [2.05, 4.69) is 21.2 Å². The normalized spacial score (nSPS) is 11.4. The first-order valence-corrected chi connectivity index (χ1v) is 8.08. The summed E-state index contributed by atoms with van der Waals surface area (Å²) in [6.07, 6.45) is 0. The largest absolute Gasteiger partial charge is 0.383 e. The molecule has 0 aliphatic heterocycles. The Morgan fingerprint density at radius 3 is 2.68 bits per heavy atom. The van der Waals surface area contributed by atoms with Crippen molar-refractivity contribution in [3.8, 4) is 0 Å². The van der Waals surface area contributed by atoms with Crippen LogP contribution in [0.5, 0.6) is 0 Å². The Hall–Kier alpha value is -0.700. The fourth-order valence-corrected chi connectivity index (χ4v) is 3.42. The molecule has 0 atom stereocenters. The number of ether oxygens (including phenoxy) is 1. The predicted octanol–water partition coefficient (Wildman–Crippen LogP) is 1.89. The summed E-state index contributed by atoms with van der Waals surface area (Å²) in [5, 5.41) is 2.38. The van der Waals surface area contributed by atoms with Crippen molar-refractivity contribution in [1.82, 2.24) is 5.32 Å². The Kier molecular flexibility index (Phi) is 5.72. The second-order valence-electron chi connectivity index (χ2n) is 3.45. The van der Waals surface area contributed by atoms with Crippen LogP contribution in [-0.4, -0.2) is 34.6 Å². The van der Waals surface area contributed by atoms with Crippen LogP contribution in [-0.2, 0) is 13.8 Å². The van der Waals surface area contributed by atoms with Gasteiger partial charge in [0.1, 0.15) is 5.82 Å². The quantitative estimate of drug-likeness (QED) is 0.631. The molecule has 0 unspecified atom stereocenters. The van der Waals surface area contributed by atoms with E-state index < -0.39 is 26.3 Å². The Labute approximate surface area is 122 Å². The van der Waals surface area contributed by atoms with Crippen molar-refractivity contribution in [2.75, 3.05) is 20.3 Å². The zero-order valence-corrected chi connectivity index (χ0v) is 12.9. The Bertz CT molecular complexity index is 593. The van der Waals surface area contributed by atoms with E-state index >= 15 is 0 Å². The van der Waals surface area contributed by atoms with Crippen LogP contribution in [0.2, 0.25) is 0 Å². The number of hydrogen-bond acceptors (Lipinski definition) is 4. The number of methoxy groups -OCH3 is 1. The standard InChI is InChI=1S/C10H10BrClFNO4S/c1-18-3-2-14-10(15)6-4-9(19(12,16)17)7(11)5-8(6)13/h4-5H,2-3H2,1H3,(H,14,15). The minimum Gasteiger partial charge on any atom is -0.383 e. The van der Waals surface area contributed by atoms with E-state index in [1.54, 1.807) is 0 Å². The van der Waals surface area contributed by atoms with Crippen LogP contribution < -0.4 is 5.32 Å². The second kappa shape index (κ2) is 6.65. The molecule has 5 nitrogen and oxygen atoms in total. The molecule has 0 fully saturated rings. The van der Waals surface area contributed by atoms with Gasteiger partial charge in [0.2, 0.25) is 0 Å². The summed E-state index contributed by atoms with van der Waals surface area (Å²) in [7, 11) is 2.56. The smallest absolute Gasteiger partial charge is 0.262 e. The molecule has 0 bridgehead atoms. The number of halogens is 3. The van der Waals surface area contributed by atoms with Crippen molar-refractivity contribution < 1.29 is 22.3 Å². The van der Waals surface area contributed by atoms with Crippen molar-refractivity contribution in [1.29, 1.82) is 0 Å². The van der Waals surface area contributed by atoms with Gasteiger partial charge in [-0.15, -0.1) is 0 Å². The lowest BCUT2D eigenvalue weighted by molar-refractivity contribution is 0.0933. The van der Waals surface area contributed by atoms with Crippen LogP contribution in [0.4, 0.5) is 4.39 Å². The van der Waals surface area contributed by atoms with Gasteiger partial charge < -0.3 is 10.1 Å². The maximum Gasteiger partial charge on any atom is 0.262 e. The highest BCUT2D eigenvalue weighted by molar-refractivity contribution is 9.10. The molecule has 0 saturated carbocycles. The van der Waals surface area contributed by atoms with Gasteiger partial charge in [0.25, 0.3) is 15.0 Å². The van der Waals surface area contributed by atoms with Crippen molar-refractivity contribution >= 4 is 41.6 Å². The highest BCUT2D eigenvalue weighted by Gasteiger charge is 2.21. The van der Waals surface area contributed by atoms with Crippen LogP contribution in [0.3, 0.4) is 0 Å². The summed E-state index contributed by atoms with van der Waals surface area (Å²) in [6.45, 7) is 0.429. The molecule has 9 heteroatoms. The summed E-state index contributed by atoms with van der Waals surface area (Å²) in [5.41, 5.74) is -0.404. The molecule has 1 rings (SSSR count). The fourth-order valence-electron chi connectivity index (χ4n) is 1.25. The minimum absolute atomic E-state index is 0.0477. The Balaban J connectivity index is 3.11. The molecular formula is C10H10BrClFNO4S. The predicted molar refractivity (Wildman–Crippen MR) is 71.3 cm³/mol. The minimum atomic E-state index is -4.08. The molecule has 0 aliphatic rings. The van der Waals surface area contributed by atoms with E-state index in [-0.39, 0.29) is 22.5 Å². The molecule has 1 aromatic carbocycles. The SMILES string of the molecule is COCCNC(=O)c1cc(S(=O)(=O)Cl)c(Br)cc1F. The van der Waals surface area contributed by atoms with E-state index in [1.165, 1.54) is 7.11 Å². The number of hydrogen-bond donors (Lipinski definition) is 1. The summed E-state index contributed by atoms with van der Waals surface area (Å²) in [5.74, 6) is -1.60. The average Bonchev–Trinajstić information content (AvgIpc) is 2.27. The van der Waals surface area contributed by atoms with Gasteiger partial charge in [0.05, 0.1) is 17.1 Å². The van der Waals surface area contributed by atoms with E-state index in [0.29, 0.717) is 0 Å². The topological polar surface area (TPSA) is 72.5 Å². The Morgan fingerprint density at radius 2 is 2.16 bits per heavy atom. The lowest BCUT2D eigenvalue weighted by Gasteiger charge is -2.08. The van der Waals surface area contributed by atoms with Crippen LogP contribution in [0.25, 0.3) is 0 Å². The number of benzene rings is 1. The molecule has 0 aliphatic carbocycles. The molecular weight excluding hydrogens is 365 g/mol. The lowest BCUT2D eigenvalue weighted by Crippen LogP contribution is -2.28. The maximum absolute atomic E-state index is 13.6. The summed E-state index contributed by atoms with van der Waals surface area (Å²) < 4.78 is 40.8. The fraction of sp³-hybridized carbons (Fsp3) is 0.300. The lowest BCUT2D eigenvalue weighted by atomic mass is 10.2. The zero-order valence-electron chi connectivity index (χ0n) is 9.74. The highest BCUT2D eigenvalue weighted by Crippen LogP contribution is 2.28. The van der Waals surface area contributed by atoms with E-state index in [0.717, 1.165) is 12.1 Å². The number of nitrogens with one attached hydrogen (secondary N) is 1. The van der Waals surface area contributed by atoms with Crippen molar-refractivity contribution in [3.05, 3.63) is 28.0 Å². The van der Waals surface area contributed by atoms with Crippen LogP contribution in [0.15, 0.2) is 21.5 Å². The average molecular weight is 375 g/mol. The summed E-state index contributed by atoms with van der Waals surface area (Å²) in [6, 6.07) is 1.75. The molecule has 1 aromatic rings. The highest BCUT2D eigenvalue weighted by atomic mass is 79.9. The van der Waals surface area contributed by atoms with Gasteiger partial charge in [-0.2, -0.15) is 0 Å². The summed E-state index contributed by atoms with van der Waals surface area (Å²) >= 11 is 2.87. The first-order valence-electron chi connectivity index (χ1n) is 4.98. The molecule has 0 heterocycles. The van der Waals surface area contributed by atoms with Gasteiger partial charge >= 0.3 is 0 Å². The molecule has 0 radical (unpaired) electrons. The molecule has 0 spiro atoms. The summed E-state index contributed by atoms with van der Waals surface area (Å²) in [4.78, 5) is 11.3. The van der Waals surface area contributed by atoms with E-state index in [4.69, 9.17) is 15.4 Å². The number of amides is 1. The zero-order chi connectivity index (χ0) is 14.6. The van der Waals surface area contributed by atoms with Crippen molar-refractivity contribution in [2.45, 2.75) is 4.90 Å². The molecule has 1 N–H and O–H groups in total. The van der Waals surface area contributed by atoms with Crippen LogP contribution in [0.1, 0.15) is 10.4 Å². The number of carbonyl (C=O) groups excluding carboxylic acids is 1. The van der Waals surface area contributed by atoms with Gasteiger partial charge in [-0.25, -0.2) is 12.8 Å². The van der Waals surface area contributed by atoms with E-state index in [1.807, 2.05) is 0 Å². The van der Waals surface area contributed by atoms with Gasteiger partial charge in [-0.1, -0.05) is 0 Å². The third kappa shape index (κ3) is 4.41. The molecule has 0 aromatic heterocycles. The first-order chi connectivity index (χ1) is 8.77. The molecule has 0 saturated heterocycles. The third-order valence-electron chi connectivity index (χ3n) is 2.12. The monoisotopic (exact) mass is 373 g/mol. The molecule has 19 heavy (non-hydrogen) atoms. The van der Waals surface area contributed by atoms with Crippen LogP contribution in [0, 0.1) is 5.82 Å². The van der Waals surface area contributed by atoms with Crippen LogP contribution >= 0.6 is 26.6 Å². The van der Waals surface area contributed by atoms with Crippen molar-refractivity contribution in [2.24, 2.45) is 0 Å². The maximum atomic E-state index is 13.6. The van der Waals surface area contributed by atoms with Crippen molar-refractivity contribution in [3.63, 3.8) is 0 Å². The van der Waals surface area contributed by atoms with Gasteiger partial charge in [-0.3, -0.25) is 4.79 Å². The first kappa shape index (κ1) is 16.4. The molecule has 1 amide bonds. The van der Waals surface area contributed by atoms with Gasteiger partial charge in [-0.05, 0) is 28.1 Å². The number of carbonyl (C=O) groups is 1. The number of rotatable bonds is 5. The Morgan fingerprint density at radius 1 is 1.53 bits per heavy atom. The second-order valence-corrected chi connectivity index (χ2v) is 6.84. The third-order valence-corrected chi connectivity index (χ3v) is 4.40. The molecule has 106 valence electrons.